The predicted molar refractivity (Wildman–Crippen MR) is 71.9 cm³/mol. The Morgan fingerprint density at radius 2 is 2.10 bits per heavy atom. The Labute approximate surface area is 118 Å². The van der Waals surface area contributed by atoms with Crippen LogP contribution in [0.4, 0.5) is 0 Å². The summed E-state index contributed by atoms with van der Waals surface area (Å²) in [7, 11) is 1.68. The van der Waals surface area contributed by atoms with Gasteiger partial charge in [0.1, 0.15) is 0 Å². The van der Waals surface area contributed by atoms with Crippen LogP contribution in [0.25, 0.3) is 0 Å². The van der Waals surface area contributed by atoms with Gasteiger partial charge in [0.05, 0.1) is 5.92 Å². The van der Waals surface area contributed by atoms with Crippen LogP contribution in [0.3, 0.4) is 0 Å². The molecule has 1 aliphatic carbocycles. The molecule has 1 saturated carbocycles. The third-order valence-electron chi connectivity index (χ3n) is 4.00. The van der Waals surface area contributed by atoms with Gasteiger partial charge in [-0.3, -0.25) is 14.4 Å². The van der Waals surface area contributed by atoms with Crippen LogP contribution in [0.5, 0.6) is 0 Å². The van der Waals surface area contributed by atoms with Crippen molar-refractivity contribution in [3.63, 3.8) is 0 Å². The molecule has 20 heavy (non-hydrogen) atoms. The van der Waals surface area contributed by atoms with Gasteiger partial charge in [0.2, 0.25) is 11.8 Å². The second-order valence-corrected chi connectivity index (χ2v) is 5.90. The normalized spacial score (nSPS) is 22.1. The summed E-state index contributed by atoms with van der Waals surface area (Å²) in [6.45, 7) is 1.75. The molecule has 2 aliphatic rings. The van der Waals surface area contributed by atoms with E-state index in [2.05, 4.69) is 0 Å². The standard InChI is InChI=1S/C14H22N2O4/c1-15(6-2-3-13(18)19)14(20)11-7-12(17)16(9-11)8-10-4-5-10/h10-11H,2-9H2,1H3,(H,18,19). The summed E-state index contributed by atoms with van der Waals surface area (Å²) in [6.07, 6.45) is 3.20. The molecule has 0 bridgehead atoms. The van der Waals surface area contributed by atoms with Crippen molar-refractivity contribution in [2.45, 2.75) is 32.1 Å². The van der Waals surface area contributed by atoms with Crippen molar-refractivity contribution >= 4 is 17.8 Å². The van der Waals surface area contributed by atoms with Gasteiger partial charge in [-0.2, -0.15) is 0 Å². The number of rotatable bonds is 7. The molecule has 2 fully saturated rings. The van der Waals surface area contributed by atoms with E-state index in [1.54, 1.807) is 11.9 Å². The van der Waals surface area contributed by atoms with Crippen LogP contribution < -0.4 is 0 Å². The van der Waals surface area contributed by atoms with Gasteiger partial charge >= 0.3 is 5.97 Å². The molecule has 0 spiro atoms. The molecule has 2 rings (SSSR count). The van der Waals surface area contributed by atoms with Crippen molar-refractivity contribution in [1.82, 2.24) is 9.80 Å². The number of carbonyl (C=O) groups is 3. The van der Waals surface area contributed by atoms with Crippen molar-refractivity contribution in [3.8, 4) is 0 Å². The fraction of sp³-hybridized carbons (Fsp3) is 0.786. The van der Waals surface area contributed by atoms with Crippen LogP contribution in [-0.2, 0) is 14.4 Å². The number of carboxylic acids is 1. The molecule has 0 radical (unpaired) electrons. The summed E-state index contributed by atoms with van der Waals surface area (Å²) in [6, 6.07) is 0. The van der Waals surface area contributed by atoms with Crippen LogP contribution in [-0.4, -0.2) is 59.4 Å². The Morgan fingerprint density at radius 3 is 2.70 bits per heavy atom. The van der Waals surface area contributed by atoms with E-state index in [-0.39, 0.29) is 24.2 Å². The third kappa shape index (κ3) is 3.95. The minimum atomic E-state index is -0.850. The largest absolute Gasteiger partial charge is 0.481 e. The van der Waals surface area contributed by atoms with E-state index in [1.165, 1.54) is 12.8 Å². The monoisotopic (exact) mass is 282 g/mol. The first-order valence-corrected chi connectivity index (χ1v) is 7.22. The predicted octanol–water partition coefficient (Wildman–Crippen LogP) is 0.568. The van der Waals surface area contributed by atoms with E-state index in [4.69, 9.17) is 5.11 Å². The highest BCUT2D eigenvalue weighted by atomic mass is 16.4. The minimum Gasteiger partial charge on any atom is -0.481 e. The molecule has 112 valence electrons. The molecule has 1 heterocycles. The summed E-state index contributed by atoms with van der Waals surface area (Å²) in [5.74, 6) is -0.425. The summed E-state index contributed by atoms with van der Waals surface area (Å²) in [4.78, 5) is 37.9. The molecule has 1 saturated heterocycles. The zero-order chi connectivity index (χ0) is 14.7. The van der Waals surface area contributed by atoms with Crippen LogP contribution in [0.2, 0.25) is 0 Å². The lowest BCUT2D eigenvalue weighted by molar-refractivity contribution is -0.138. The van der Waals surface area contributed by atoms with Gasteiger partial charge in [-0.15, -0.1) is 0 Å². The molecule has 1 unspecified atom stereocenters. The van der Waals surface area contributed by atoms with E-state index < -0.39 is 5.97 Å². The zero-order valence-electron chi connectivity index (χ0n) is 11.9. The summed E-state index contributed by atoms with van der Waals surface area (Å²) >= 11 is 0. The van der Waals surface area contributed by atoms with Gasteiger partial charge in [-0.1, -0.05) is 0 Å². The number of carboxylic acid groups (broad SMARTS) is 1. The van der Waals surface area contributed by atoms with Crippen molar-refractivity contribution in [2.75, 3.05) is 26.7 Å². The van der Waals surface area contributed by atoms with Gasteiger partial charge < -0.3 is 14.9 Å². The molecular weight excluding hydrogens is 260 g/mol. The number of carbonyl (C=O) groups excluding carboxylic acids is 2. The van der Waals surface area contributed by atoms with Crippen molar-refractivity contribution < 1.29 is 19.5 Å². The lowest BCUT2D eigenvalue weighted by Gasteiger charge is -2.21. The summed E-state index contributed by atoms with van der Waals surface area (Å²) in [5.41, 5.74) is 0. The van der Waals surface area contributed by atoms with Crippen LogP contribution in [0, 0.1) is 11.8 Å². The summed E-state index contributed by atoms with van der Waals surface area (Å²) in [5, 5.41) is 8.58. The van der Waals surface area contributed by atoms with Crippen molar-refractivity contribution in [2.24, 2.45) is 11.8 Å². The Morgan fingerprint density at radius 1 is 1.40 bits per heavy atom. The Kier molecular flexibility index (Phi) is 4.62. The molecule has 1 atom stereocenters. The Hall–Kier alpha value is -1.59. The van der Waals surface area contributed by atoms with Gasteiger partial charge in [0, 0.05) is 39.5 Å². The van der Waals surface area contributed by atoms with E-state index in [0.29, 0.717) is 31.8 Å². The number of amides is 2. The van der Waals surface area contributed by atoms with Crippen LogP contribution >= 0.6 is 0 Å². The number of aliphatic carboxylic acids is 1. The zero-order valence-corrected chi connectivity index (χ0v) is 11.9. The lowest BCUT2D eigenvalue weighted by atomic mass is 10.1. The average Bonchev–Trinajstić information content (AvgIpc) is 3.12. The smallest absolute Gasteiger partial charge is 0.303 e. The maximum Gasteiger partial charge on any atom is 0.303 e. The molecule has 0 aromatic rings. The molecule has 6 heteroatoms. The van der Waals surface area contributed by atoms with Crippen LogP contribution in [0.1, 0.15) is 32.1 Å². The molecule has 0 aromatic heterocycles. The van der Waals surface area contributed by atoms with Crippen LogP contribution in [0.15, 0.2) is 0 Å². The highest BCUT2D eigenvalue weighted by Gasteiger charge is 2.37. The van der Waals surface area contributed by atoms with Gasteiger partial charge in [-0.25, -0.2) is 0 Å². The SMILES string of the molecule is CN(CCCC(=O)O)C(=O)C1CC(=O)N(CC2CC2)C1. The average molecular weight is 282 g/mol. The highest BCUT2D eigenvalue weighted by Crippen LogP contribution is 2.32. The number of hydrogen-bond acceptors (Lipinski definition) is 3. The topological polar surface area (TPSA) is 77.9 Å². The molecule has 6 nitrogen and oxygen atoms in total. The molecule has 1 N–H and O–H groups in total. The van der Waals surface area contributed by atoms with E-state index in [1.807, 2.05) is 4.90 Å². The van der Waals surface area contributed by atoms with E-state index in [0.717, 1.165) is 6.54 Å². The van der Waals surface area contributed by atoms with E-state index >= 15 is 0 Å². The highest BCUT2D eigenvalue weighted by molar-refractivity contribution is 5.89. The quantitative estimate of drug-likeness (QED) is 0.740. The minimum absolute atomic E-state index is 0.0398. The third-order valence-corrected chi connectivity index (χ3v) is 4.00. The van der Waals surface area contributed by atoms with Gasteiger partial charge in [0.15, 0.2) is 0 Å². The van der Waals surface area contributed by atoms with Crippen molar-refractivity contribution in [3.05, 3.63) is 0 Å². The number of likely N-dealkylation sites (tertiary alicyclic amines) is 1. The Bertz CT molecular complexity index is 406. The maximum absolute atomic E-state index is 12.2. The number of nitrogens with zero attached hydrogens (tertiary/aromatic N) is 2. The molecular formula is C14H22N2O4. The van der Waals surface area contributed by atoms with E-state index in [9.17, 15) is 14.4 Å². The second kappa shape index (κ2) is 6.24. The molecule has 1 aliphatic heterocycles. The fourth-order valence-electron chi connectivity index (χ4n) is 2.62. The molecule has 0 aromatic carbocycles. The molecule has 2 amide bonds. The first-order valence-electron chi connectivity index (χ1n) is 7.22. The second-order valence-electron chi connectivity index (χ2n) is 5.90. The van der Waals surface area contributed by atoms with Gasteiger partial charge in [0.25, 0.3) is 0 Å². The van der Waals surface area contributed by atoms with Gasteiger partial charge in [-0.05, 0) is 25.2 Å². The first kappa shape index (κ1) is 14.8. The van der Waals surface area contributed by atoms with Crippen molar-refractivity contribution in [1.29, 1.82) is 0 Å². The first-order chi connectivity index (χ1) is 9.47. The fourth-order valence-corrected chi connectivity index (χ4v) is 2.62. The maximum atomic E-state index is 12.2. The Balaban J connectivity index is 1.77. The number of hydrogen-bond donors (Lipinski definition) is 1. The lowest BCUT2D eigenvalue weighted by Crippen LogP contribution is -2.35. The summed E-state index contributed by atoms with van der Waals surface area (Å²) < 4.78 is 0.